The van der Waals surface area contributed by atoms with E-state index in [1.54, 1.807) is 0 Å². The molecule has 0 aliphatic rings. The van der Waals surface area contributed by atoms with Crippen LogP contribution in [0, 0.1) is 11.7 Å². The molecule has 0 radical (unpaired) electrons. The Kier molecular flexibility index (Phi) is 5.76. The molecule has 1 aromatic carbocycles. The van der Waals surface area contributed by atoms with Gasteiger partial charge in [-0.1, -0.05) is 13.8 Å². The summed E-state index contributed by atoms with van der Waals surface area (Å²) >= 11 is 3.02. The van der Waals surface area contributed by atoms with Crippen molar-refractivity contribution in [3.8, 4) is 0 Å². The molecular weight excluding hydrogens is 363 g/mol. The average molecular weight is 383 g/mol. The summed E-state index contributed by atoms with van der Waals surface area (Å²) in [6, 6.07) is 2.04. The summed E-state index contributed by atoms with van der Waals surface area (Å²) in [5, 5.41) is 10.1. The Balaban J connectivity index is 2.95. The summed E-state index contributed by atoms with van der Waals surface area (Å²) in [5.74, 6) is -0.711. The minimum Gasteiger partial charge on any atom is -0.398 e. The van der Waals surface area contributed by atoms with Crippen LogP contribution in [-0.2, 0) is 10.0 Å². The fourth-order valence-corrected chi connectivity index (χ4v) is 3.60. The molecule has 0 saturated carbocycles. The third-order valence-electron chi connectivity index (χ3n) is 2.83. The van der Waals surface area contributed by atoms with Crippen LogP contribution in [-0.4, -0.2) is 25.7 Å². The molecule has 120 valence electrons. The van der Waals surface area contributed by atoms with Crippen LogP contribution < -0.4 is 10.5 Å². The summed E-state index contributed by atoms with van der Waals surface area (Å²) in [4.78, 5) is -0.538. The van der Waals surface area contributed by atoms with Crippen molar-refractivity contribution in [1.29, 1.82) is 0 Å². The molecule has 0 bridgehead atoms. The van der Waals surface area contributed by atoms with Crippen molar-refractivity contribution in [3.05, 3.63) is 22.4 Å². The van der Waals surface area contributed by atoms with Crippen molar-refractivity contribution < 1.29 is 17.9 Å². The molecule has 0 heterocycles. The maximum absolute atomic E-state index is 13.8. The van der Waals surface area contributed by atoms with Gasteiger partial charge in [-0.05, 0) is 47.3 Å². The summed E-state index contributed by atoms with van der Waals surface area (Å²) in [6.07, 6.45) is 0.417. The van der Waals surface area contributed by atoms with Crippen LogP contribution >= 0.6 is 15.9 Å². The molecule has 5 nitrogen and oxygen atoms in total. The van der Waals surface area contributed by atoms with Crippen LogP contribution in [0.15, 0.2) is 21.5 Å². The Morgan fingerprint density at radius 2 is 2.05 bits per heavy atom. The number of nitrogens with two attached hydrogens (primary N) is 1. The Bertz CT molecular complexity index is 618. The third-order valence-corrected chi connectivity index (χ3v) is 4.93. The quantitative estimate of drug-likeness (QED) is 0.657. The SMILES string of the molecule is CC(C)CC(C)(O)CNS(=O)(=O)c1cc(N)c(Br)cc1F. The Hall–Kier alpha value is -0.700. The number of anilines is 1. The first-order valence-corrected chi connectivity index (χ1v) is 8.69. The van der Waals surface area contributed by atoms with E-state index >= 15 is 0 Å². The van der Waals surface area contributed by atoms with Crippen LogP contribution in [0.2, 0.25) is 0 Å². The third kappa shape index (κ3) is 5.21. The summed E-state index contributed by atoms with van der Waals surface area (Å²) in [6.45, 7) is 5.15. The average Bonchev–Trinajstić information content (AvgIpc) is 2.30. The normalized spacial score (nSPS) is 15.2. The molecule has 4 N–H and O–H groups in total. The van der Waals surface area contributed by atoms with Gasteiger partial charge in [0.1, 0.15) is 10.7 Å². The van der Waals surface area contributed by atoms with Crippen LogP contribution in [0.5, 0.6) is 0 Å². The molecule has 1 unspecified atom stereocenters. The Morgan fingerprint density at radius 1 is 1.48 bits per heavy atom. The van der Waals surface area contributed by atoms with Crippen LogP contribution in [0.25, 0.3) is 0 Å². The van der Waals surface area contributed by atoms with E-state index in [1.165, 1.54) is 6.92 Å². The fraction of sp³-hybridized carbons (Fsp3) is 0.538. The Labute approximate surface area is 132 Å². The first kappa shape index (κ1) is 18.3. The lowest BCUT2D eigenvalue weighted by Gasteiger charge is -2.25. The van der Waals surface area contributed by atoms with Gasteiger partial charge in [0.2, 0.25) is 10.0 Å². The second-order valence-electron chi connectivity index (χ2n) is 5.72. The van der Waals surface area contributed by atoms with Crippen molar-refractivity contribution in [3.63, 3.8) is 0 Å². The van der Waals surface area contributed by atoms with Crippen LogP contribution in [0.1, 0.15) is 27.2 Å². The highest BCUT2D eigenvalue weighted by molar-refractivity contribution is 9.10. The predicted octanol–water partition coefficient (Wildman–Crippen LogP) is 2.25. The topological polar surface area (TPSA) is 92.4 Å². The van der Waals surface area contributed by atoms with Gasteiger partial charge in [0.25, 0.3) is 0 Å². The molecule has 0 aliphatic heterocycles. The zero-order valence-corrected chi connectivity index (χ0v) is 14.6. The van der Waals surface area contributed by atoms with Gasteiger partial charge in [0.15, 0.2) is 0 Å². The van der Waals surface area contributed by atoms with Gasteiger partial charge in [-0.3, -0.25) is 0 Å². The van der Waals surface area contributed by atoms with Gasteiger partial charge < -0.3 is 10.8 Å². The molecular formula is C13H20BrFN2O3S. The number of benzene rings is 1. The van der Waals surface area contributed by atoms with Gasteiger partial charge in [-0.15, -0.1) is 0 Å². The van der Waals surface area contributed by atoms with Gasteiger partial charge >= 0.3 is 0 Å². The van der Waals surface area contributed by atoms with Crippen LogP contribution in [0.4, 0.5) is 10.1 Å². The summed E-state index contributed by atoms with van der Waals surface area (Å²) < 4.78 is 40.5. The first-order valence-electron chi connectivity index (χ1n) is 6.41. The number of nitrogen functional groups attached to an aromatic ring is 1. The number of sulfonamides is 1. The zero-order valence-electron chi connectivity index (χ0n) is 12.2. The van der Waals surface area contributed by atoms with Crippen molar-refractivity contribution >= 4 is 31.6 Å². The molecule has 0 aromatic heterocycles. The van der Waals surface area contributed by atoms with E-state index in [2.05, 4.69) is 20.7 Å². The lowest BCUT2D eigenvalue weighted by Crippen LogP contribution is -2.41. The summed E-state index contributed by atoms with van der Waals surface area (Å²) in [5.41, 5.74) is 4.49. The standard InChI is InChI=1S/C13H20BrFN2O3S/c1-8(2)6-13(3,18)7-17-21(19,20)12-5-11(16)9(14)4-10(12)15/h4-5,8,17-18H,6-7,16H2,1-3H3. The lowest BCUT2D eigenvalue weighted by atomic mass is 9.95. The fourth-order valence-electron chi connectivity index (χ4n) is 2.03. The molecule has 0 saturated heterocycles. The van der Waals surface area contributed by atoms with E-state index < -0.39 is 26.3 Å². The van der Waals surface area contributed by atoms with E-state index in [0.717, 1.165) is 12.1 Å². The number of nitrogens with one attached hydrogen (secondary N) is 1. The molecule has 0 amide bonds. The van der Waals surface area contributed by atoms with Crippen molar-refractivity contribution in [2.45, 2.75) is 37.7 Å². The number of rotatable bonds is 6. The van der Waals surface area contributed by atoms with Gasteiger partial charge in [0, 0.05) is 16.7 Å². The van der Waals surface area contributed by atoms with Crippen molar-refractivity contribution in [2.24, 2.45) is 5.92 Å². The van der Waals surface area contributed by atoms with Gasteiger partial charge in [0.05, 0.1) is 5.60 Å². The van der Waals surface area contributed by atoms with E-state index in [-0.39, 0.29) is 22.6 Å². The first-order chi connectivity index (χ1) is 9.44. The number of halogens is 2. The smallest absolute Gasteiger partial charge is 0.243 e. The second kappa shape index (κ2) is 6.60. The maximum atomic E-state index is 13.8. The van der Waals surface area contributed by atoms with Crippen molar-refractivity contribution in [2.75, 3.05) is 12.3 Å². The minimum atomic E-state index is -4.09. The molecule has 21 heavy (non-hydrogen) atoms. The van der Waals surface area contributed by atoms with E-state index in [9.17, 15) is 17.9 Å². The molecule has 0 fully saturated rings. The maximum Gasteiger partial charge on any atom is 0.243 e. The largest absolute Gasteiger partial charge is 0.398 e. The summed E-state index contributed by atoms with van der Waals surface area (Å²) in [7, 11) is -4.09. The minimum absolute atomic E-state index is 0.116. The second-order valence-corrected chi connectivity index (χ2v) is 8.31. The monoisotopic (exact) mass is 382 g/mol. The number of aliphatic hydroxyl groups is 1. The molecule has 8 heteroatoms. The van der Waals surface area contributed by atoms with E-state index in [0.29, 0.717) is 6.42 Å². The number of hydrogen-bond donors (Lipinski definition) is 3. The zero-order chi connectivity index (χ0) is 16.4. The molecule has 1 aromatic rings. The van der Waals surface area contributed by atoms with Crippen molar-refractivity contribution in [1.82, 2.24) is 4.72 Å². The van der Waals surface area contributed by atoms with E-state index in [1.807, 2.05) is 13.8 Å². The Morgan fingerprint density at radius 3 is 2.57 bits per heavy atom. The highest BCUT2D eigenvalue weighted by Gasteiger charge is 2.27. The highest BCUT2D eigenvalue weighted by Crippen LogP contribution is 2.26. The van der Waals surface area contributed by atoms with Gasteiger partial charge in [-0.25, -0.2) is 17.5 Å². The molecule has 1 atom stereocenters. The highest BCUT2D eigenvalue weighted by atomic mass is 79.9. The van der Waals surface area contributed by atoms with Gasteiger partial charge in [-0.2, -0.15) is 0 Å². The number of hydrogen-bond acceptors (Lipinski definition) is 4. The van der Waals surface area contributed by atoms with E-state index in [4.69, 9.17) is 5.73 Å². The molecule has 1 rings (SSSR count). The molecule has 0 spiro atoms. The van der Waals surface area contributed by atoms with Crippen LogP contribution in [0.3, 0.4) is 0 Å². The predicted molar refractivity (Wildman–Crippen MR) is 83.8 cm³/mol. The lowest BCUT2D eigenvalue weighted by molar-refractivity contribution is 0.0436. The molecule has 0 aliphatic carbocycles.